The van der Waals surface area contributed by atoms with Crippen LogP contribution in [0.25, 0.3) is 0 Å². The fourth-order valence-electron chi connectivity index (χ4n) is 1.13. The summed E-state index contributed by atoms with van der Waals surface area (Å²) in [5.41, 5.74) is -0.00324. The lowest BCUT2D eigenvalue weighted by molar-refractivity contribution is 0.160. The standard InChI is InChI=1S/C10H15BrOS/c1-7-9(11)4-8(13-7)5-10(2,3)6-12/h4,12H,5-6H2,1-3H3. The Balaban J connectivity index is 2.75. The largest absolute Gasteiger partial charge is 0.396 e. The van der Waals surface area contributed by atoms with Crippen LogP contribution in [-0.4, -0.2) is 11.7 Å². The van der Waals surface area contributed by atoms with Crippen LogP contribution < -0.4 is 0 Å². The van der Waals surface area contributed by atoms with Crippen LogP contribution >= 0.6 is 27.3 Å². The van der Waals surface area contributed by atoms with E-state index in [-0.39, 0.29) is 12.0 Å². The number of rotatable bonds is 3. The van der Waals surface area contributed by atoms with Crippen molar-refractivity contribution in [3.63, 3.8) is 0 Å². The molecule has 1 nitrogen and oxygen atoms in total. The first-order valence-electron chi connectivity index (χ1n) is 4.30. The summed E-state index contributed by atoms with van der Waals surface area (Å²) in [6.45, 7) is 6.50. The summed E-state index contributed by atoms with van der Waals surface area (Å²) >= 11 is 5.29. The maximum Gasteiger partial charge on any atom is 0.0485 e. The van der Waals surface area contributed by atoms with Gasteiger partial charge in [0, 0.05) is 20.8 Å². The summed E-state index contributed by atoms with van der Waals surface area (Å²) in [7, 11) is 0. The molecule has 1 N–H and O–H groups in total. The lowest BCUT2D eigenvalue weighted by atomic mass is 9.90. The van der Waals surface area contributed by atoms with E-state index in [1.165, 1.54) is 14.2 Å². The monoisotopic (exact) mass is 262 g/mol. The molecule has 0 fully saturated rings. The van der Waals surface area contributed by atoms with Gasteiger partial charge in [-0.25, -0.2) is 0 Å². The van der Waals surface area contributed by atoms with Gasteiger partial charge in [0.05, 0.1) is 0 Å². The molecule has 0 aliphatic heterocycles. The fourth-order valence-corrected chi connectivity index (χ4v) is 2.99. The van der Waals surface area contributed by atoms with Crippen LogP contribution in [0.1, 0.15) is 23.6 Å². The van der Waals surface area contributed by atoms with E-state index in [0.29, 0.717) is 0 Å². The molecule has 0 bridgehead atoms. The molecule has 13 heavy (non-hydrogen) atoms. The minimum Gasteiger partial charge on any atom is -0.396 e. The first-order chi connectivity index (χ1) is 5.94. The first kappa shape index (κ1) is 11.2. The van der Waals surface area contributed by atoms with E-state index in [9.17, 15) is 0 Å². The molecule has 0 saturated heterocycles. The summed E-state index contributed by atoms with van der Waals surface area (Å²) < 4.78 is 1.18. The maximum absolute atomic E-state index is 9.12. The van der Waals surface area contributed by atoms with Crippen molar-refractivity contribution in [3.05, 3.63) is 20.3 Å². The zero-order valence-electron chi connectivity index (χ0n) is 8.22. The van der Waals surface area contributed by atoms with Crippen molar-refractivity contribution in [3.8, 4) is 0 Å². The lowest BCUT2D eigenvalue weighted by Gasteiger charge is -2.20. The summed E-state index contributed by atoms with van der Waals surface area (Å²) in [5, 5.41) is 9.12. The minimum absolute atomic E-state index is 0.00324. The highest BCUT2D eigenvalue weighted by Gasteiger charge is 2.18. The Bertz CT molecular complexity index is 272. The lowest BCUT2D eigenvalue weighted by Crippen LogP contribution is -2.18. The molecular weight excluding hydrogens is 248 g/mol. The minimum atomic E-state index is -0.00324. The van der Waals surface area contributed by atoms with Gasteiger partial charge in [-0.15, -0.1) is 11.3 Å². The summed E-state index contributed by atoms with van der Waals surface area (Å²) in [6, 6.07) is 2.15. The van der Waals surface area contributed by atoms with Crippen molar-refractivity contribution in [2.24, 2.45) is 5.41 Å². The molecule has 0 spiro atoms. The molecule has 3 heteroatoms. The summed E-state index contributed by atoms with van der Waals surface area (Å²) in [6.07, 6.45) is 0.945. The average Bonchev–Trinajstić information content (AvgIpc) is 2.30. The van der Waals surface area contributed by atoms with Crippen molar-refractivity contribution >= 4 is 27.3 Å². The van der Waals surface area contributed by atoms with Gasteiger partial charge in [0.25, 0.3) is 0 Å². The normalized spacial score (nSPS) is 12.1. The molecular formula is C10H15BrOS. The van der Waals surface area contributed by atoms with Crippen LogP contribution in [0.5, 0.6) is 0 Å². The van der Waals surface area contributed by atoms with Gasteiger partial charge in [0.2, 0.25) is 0 Å². The zero-order chi connectivity index (χ0) is 10.1. The number of aliphatic hydroxyl groups excluding tert-OH is 1. The van der Waals surface area contributed by atoms with Crippen LogP contribution in [0.2, 0.25) is 0 Å². The predicted octanol–water partition coefficient (Wildman–Crippen LogP) is 3.38. The topological polar surface area (TPSA) is 20.2 Å². The van der Waals surface area contributed by atoms with Gasteiger partial charge >= 0.3 is 0 Å². The van der Waals surface area contributed by atoms with Crippen LogP contribution in [-0.2, 0) is 6.42 Å². The Kier molecular flexibility index (Phi) is 3.55. The van der Waals surface area contributed by atoms with Crippen molar-refractivity contribution < 1.29 is 5.11 Å². The third kappa shape index (κ3) is 3.08. The van der Waals surface area contributed by atoms with Crippen LogP contribution in [0, 0.1) is 12.3 Å². The molecule has 74 valence electrons. The van der Waals surface area contributed by atoms with Crippen LogP contribution in [0.3, 0.4) is 0 Å². The average molecular weight is 263 g/mol. The molecule has 0 aliphatic carbocycles. The Morgan fingerprint density at radius 3 is 2.54 bits per heavy atom. The Morgan fingerprint density at radius 2 is 2.15 bits per heavy atom. The third-order valence-corrected chi connectivity index (χ3v) is 4.13. The van der Waals surface area contributed by atoms with E-state index in [0.717, 1.165) is 6.42 Å². The van der Waals surface area contributed by atoms with E-state index in [1.807, 2.05) is 0 Å². The number of aryl methyl sites for hydroxylation is 1. The van der Waals surface area contributed by atoms with E-state index in [4.69, 9.17) is 5.11 Å². The molecule has 0 saturated carbocycles. The number of aliphatic hydroxyl groups is 1. The van der Waals surface area contributed by atoms with Gasteiger partial charge in [0.1, 0.15) is 0 Å². The molecule has 0 amide bonds. The van der Waals surface area contributed by atoms with Gasteiger partial charge in [0.15, 0.2) is 0 Å². The van der Waals surface area contributed by atoms with E-state index in [2.05, 4.69) is 42.8 Å². The summed E-state index contributed by atoms with van der Waals surface area (Å²) in [5.74, 6) is 0. The van der Waals surface area contributed by atoms with Crippen molar-refractivity contribution in [1.29, 1.82) is 0 Å². The zero-order valence-corrected chi connectivity index (χ0v) is 10.6. The highest BCUT2D eigenvalue weighted by Crippen LogP contribution is 2.31. The van der Waals surface area contributed by atoms with E-state index in [1.54, 1.807) is 11.3 Å². The smallest absolute Gasteiger partial charge is 0.0485 e. The predicted molar refractivity (Wildman–Crippen MR) is 61.3 cm³/mol. The molecule has 0 aromatic carbocycles. The molecule has 1 heterocycles. The highest BCUT2D eigenvalue weighted by atomic mass is 79.9. The Labute approximate surface area is 91.9 Å². The van der Waals surface area contributed by atoms with Gasteiger partial charge in [-0.2, -0.15) is 0 Å². The third-order valence-electron chi connectivity index (χ3n) is 1.99. The quantitative estimate of drug-likeness (QED) is 0.886. The van der Waals surface area contributed by atoms with Crippen molar-refractivity contribution in [1.82, 2.24) is 0 Å². The maximum atomic E-state index is 9.12. The molecule has 0 unspecified atom stereocenters. The van der Waals surface area contributed by atoms with Crippen molar-refractivity contribution in [2.75, 3.05) is 6.61 Å². The van der Waals surface area contributed by atoms with Gasteiger partial charge in [-0.1, -0.05) is 13.8 Å². The fraction of sp³-hybridized carbons (Fsp3) is 0.600. The highest BCUT2D eigenvalue weighted by molar-refractivity contribution is 9.10. The second-order valence-electron chi connectivity index (χ2n) is 4.12. The molecule has 0 atom stereocenters. The van der Waals surface area contributed by atoms with E-state index < -0.39 is 0 Å². The molecule has 1 aromatic heterocycles. The Hall–Kier alpha value is 0.140. The number of hydrogen-bond donors (Lipinski definition) is 1. The van der Waals surface area contributed by atoms with Crippen molar-refractivity contribution in [2.45, 2.75) is 27.2 Å². The van der Waals surface area contributed by atoms with Crippen LogP contribution in [0.15, 0.2) is 10.5 Å². The SMILES string of the molecule is Cc1sc(CC(C)(C)CO)cc1Br. The van der Waals surface area contributed by atoms with Crippen LogP contribution in [0.4, 0.5) is 0 Å². The Morgan fingerprint density at radius 1 is 1.54 bits per heavy atom. The molecule has 1 rings (SSSR count). The number of hydrogen-bond acceptors (Lipinski definition) is 2. The van der Waals surface area contributed by atoms with Gasteiger partial charge in [-0.3, -0.25) is 0 Å². The molecule has 1 aromatic rings. The van der Waals surface area contributed by atoms with Gasteiger partial charge < -0.3 is 5.11 Å². The second-order valence-corrected chi connectivity index (χ2v) is 6.31. The number of thiophene rings is 1. The summed E-state index contributed by atoms with van der Waals surface area (Å²) in [4.78, 5) is 2.65. The molecule has 0 radical (unpaired) electrons. The number of halogens is 1. The van der Waals surface area contributed by atoms with E-state index >= 15 is 0 Å². The van der Waals surface area contributed by atoms with Gasteiger partial charge in [-0.05, 0) is 40.8 Å². The second kappa shape index (κ2) is 4.11. The first-order valence-corrected chi connectivity index (χ1v) is 5.91. The molecule has 0 aliphatic rings.